The molecule has 1 N–H and O–H groups in total. The van der Waals surface area contributed by atoms with Crippen LogP contribution in [0.15, 0.2) is 0 Å². The number of hydrogen-bond donors (Lipinski definition) is 1. The van der Waals surface area contributed by atoms with Gasteiger partial charge in [0, 0.05) is 24.0 Å². The van der Waals surface area contributed by atoms with E-state index in [2.05, 4.69) is 0 Å². The van der Waals surface area contributed by atoms with Crippen LogP contribution >= 0.6 is 0 Å². The minimum absolute atomic E-state index is 0.0131. The van der Waals surface area contributed by atoms with Crippen LogP contribution < -0.4 is 9.47 Å². The van der Waals surface area contributed by atoms with Crippen LogP contribution in [0.3, 0.4) is 0 Å². The van der Waals surface area contributed by atoms with Crippen LogP contribution in [0.1, 0.15) is 42.3 Å². The zero-order valence-electron chi connectivity index (χ0n) is 12.8. The molecule has 6 heteroatoms. The first-order chi connectivity index (χ1) is 10.4. The van der Waals surface area contributed by atoms with Gasteiger partial charge in [-0.25, -0.2) is 4.79 Å². The fraction of sp³-hybridized carbons (Fsp3) is 0.500. The van der Waals surface area contributed by atoms with Crippen LogP contribution in [-0.2, 0) is 22.4 Å². The average molecular weight is 306 g/mol. The Labute approximate surface area is 128 Å². The number of ketones is 1. The van der Waals surface area contributed by atoms with Crippen molar-refractivity contribution in [3.8, 4) is 17.2 Å². The van der Waals surface area contributed by atoms with Crippen LogP contribution in [0.5, 0.6) is 17.2 Å². The van der Waals surface area contributed by atoms with Crippen LogP contribution in [0, 0.1) is 0 Å². The number of phenolic OH excluding ortho intramolecular Hbond substituents is 1. The second-order valence-corrected chi connectivity index (χ2v) is 5.65. The van der Waals surface area contributed by atoms with Gasteiger partial charge in [-0.3, -0.25) is 4.79 Å². The van der Waals surface area contributed by atoms with E-state index >= 15 is 0 Å². The number of benzene rings is 1. The fourth-order valence-corrected chi connectivity index (χ4v) is 3.03. The number of aromatic hydroxyl groups is 1. The Bertz CT molecular complexity index is 624. The molecule has 0 saturated carbocycles. The first kappa shape index (κ1) is 14.7. The van der Waals surface area contributed by atoms with Gasteiger partial charge in [0.2, 0.25) is 0 Å². The predicted octanol–water partition coefficient (Wildman–Crippen LogP) is 1.78. The quantitative estimate of drug-likeness (QED) is 0.521. The van der Waals surface area contributed by atoms with Crippen molar-refractivity contribution in [3.05, 3.63) is 16.7 Å². The molecule has 2 heterocycles. The lowest BCUT2D eigenvalue weighted by Gasteiger charge is -2.13. The van der Waals surface area contributed by atoms with Crippen molar-refractivity contribution in [2.24, 2.45) is 0 Å². The Morgan fingerprint density at radius 2 is 1.73 bits per heavy atom. The highest BCUT2D eigenvalue weighted by Gasteiger charge is 2.39. The highest BCUT2D eigenvalue weighted by atomic mass is 16.5. The Morgan fingerprint density at radius 3 is 2.36 bits per heavy atom. The van der Waals surface area contributed by atoms with Crippen molar-refractivity contribution in [1.82, 2.24) is 0 Å². The summed E-state index contributed by atoms with van der Waals surface area (Å²) < 4.78 is 16.1. The van der Waals surface area contributed by atoms with Gasteiger partial charge in [-0.2, -0.15) is 0 Å². The summed E-state index contributed by atoms with van der Waals surface area (Å²) in [6, 6.07) is 0. The second-order valence-electron chi connectivity index (χ2n) is 5.65. The van der Waals surface area contributed by atoms with Crippen molar-refractivity contribution >= 4 is 11.8 Å². The summed E-state index contributed by atoms with van der Waals surface area (Å²) in [5.41, 5.74) is 1.22. The number of hydrogen-bond acceptors (Lipinski definition) is 6. The van der Waals surface area contributed by atoms with E-state index in [9.17, 15) is 14.7 Å². The normalized spacial score (nSPS) is 21.6. The number of Topliss-reactive ketones (excluding diaryl/α,β-unsaturated/α-hetero) is 1. The van der Waals surface area contributed by atoms with E-state index in [-0.39, 0.29) is 35.9 Å². The largest absolute Gasteiger partial charge is 0.504 e. The minimum Gasteiger partial charge on any atom is -0.504 e. The Morgan fingerprint density at radius 1 is 1.14 bits per heavy atom. The monoisotopic (exact) mass is 306 g/mol. The minimum atomic E-state index is -0.916. The molecule has 2 atom stereocenters. The van der Waals surface area contributed by atoms with Gasteiger partial charge in [-0.1, -0.05) is 0 Å². The molecule has 2 unspecified atom stereocenters. The van der Waals surface area contributed by atoms with Gasteiger partial charge < -0.3 is 19.3 Å². The van der Waals surface area contributed by atoms with Crippen molar-refractivity contribution < 1.29 is 28.9 Å². The molecule has 6 nitrogen and oxygen atoms in total. The van der Waals surface area contributed by atoms with E-state index in [1.807, 2.05) is 13.8 Å². The SMILES string of the molecule is CCOC(=O)C(=O)c1c2c(c(O)c3c1OC(C)C3)OC(C)C2. The number of esters is 1. The maximum absolute atomic E-state index is 12.5. The van der Waals surface area contributed by atoms with Crippen LogP contribution in [0.25, 0.3) is 0 Å². The third-order valence-corrected chi connectivity index (χ3v) is 3.89. The van der Waals surface area contributed by atoms with E-state index in [1.165, 1.54) is 0 Å². The van der Waals surface area contributed by atoms with E-state index in [1.54, 1.807) is 6.92 Å². The first-order valence-corrected chi connectivity index (χ1v) is 7.39. The number of ether oxygens (including phenoxy) is 3. The smallest absolute Gasteiger partial charge is 0.379 e. The molecule has 1 aromatic carbocycles. The Hall–Kier alpha value is -2.24. The van der Waals surface area contributed by atoms with Gasteiger partial charge in [0.15, 0.2) is 11.5 Å². The zero-order chi connectivity index (χ0) is 16.0. The van der Waals surface area contributed by atoms with Crippen molar-refractivity contribution in [2.75, 3.05) is 6.61 Å². The molecule has 118 valence electrons. The molecule has 0 fully saturated rings. The van der Waals surface area contributed by atoms with Crippen LogP contribution in [0.2, 0.25) is 0 Å². The second kappa shape index (κ2) is 5.19. The number of carbonyl (C=O) groups is 2. The van der Waals surface area contributed by atoms with Crippen LogP contribution in [-0.4, -0.2) is 35.7 Å². The molecule has 3 rings (SSSR count). The molecule has 0 aliphatic carbocycles. The van der Waals surface area contributed by atoms with Crippen molar-refractivity contribution in [1.29, 1.82) is 0 Å². The average Bonchev–Trinajstić information content (AvgIpc) is 3.02. The number of carbonyl (C=O) groups excluding carboxylic acids is 2. The molecule has 22 heavy (non-hydrogen) atoms. The fourth-order valence-electron chi connectivity index (χ4n) is 3.03. The summed E-state index contributed by atoms with van der Waals surface area (Å²) in [4.78, 5) is 24.3. The highest BCUT2D eigenvalue weighted by molar-refractivity contribution is 6.42. The van der Waals surface area contributed by atoms with Crippen LogP contribution in [0.4, 0.5) is 0 Å². The molecule has 0 radical (unpaired) electrons. The molecular weight excluding hydrogens is 288 g/mol. The summed E-state index contributed by atoms with van der Waals surface area (Å²) >= 11 is 0. The van der Waals surface area contributed by atoms with E-state index in [0.29, 0.717) is 29.7 Å². The molecule has 0 saturated heterocycles. The van der Waals surface area contributed by atoms with Gasteiger partial charge in [-0.15, -0.1) is 0 Å². The zero-order valence-corrected chi connectivity index (χ0v) is 12.8. The number of fused-ring (bicyclic) bond motifs is 2. The summed E-state index contributed by atoms with van der Waals surface area (Å²) in [6.07, 6.45) is 0.563. The summed E-state index contributed by atoms with van der Waals surface area (Å²) in [5.74, 6) is -1.07. The lowest BCUT2D eigenvalue weighted by molar-refractivity contribution is -0.137. The Balaban J connectivity index is 2.17. The summed E-state index contributed by atoms with van der Waals surface area (Å²) in [7, 11) is 0. The van der Waals surface area contributed by atoms with Crippen molar-refractivity contribution in [2.45, 2.75) is 45.8 Å². The third kappa shape index (κ3) is 2.10. The molecule has 2 aliphatic heterocycles. The van der Waals surface area contributed by atoms with Gasteiger partial charge in [0.25, 0.3) is 5.78 Å². The topological polar surface area (TPSA) is 82.1 Å². The lowest BCUT2D eigenvalue weighted by Crippen LogP contribution is -2.20. The van der Waals surface area contributed by atoms with E-state index in [4.69, 9.17) is 14.2 Å². The summed E-state index contributed by atoms with van der Waals surface area (Å²) in [6.45, 7) is 5.44. The maximum atomic E-state index is 12.5. The number of rotatable bonds is 3. The predicted molar refractivity (Wildman–Crippen MR) is 76.7 cm³/mol. The van der Waals surface area contributed by atoms with Gasteiger partial charge >= 0.3 is 5.97 Å². The standard InChI is InChI=1S/C16H18O6/c1-4-20-16(19)13(18)11-9-5-7(2)22-15(9)12(17)10-6-8(3)21-14(10)11/h7-8,17H,4-6H2,1-3H3. The van der Waals surface area contributed by atoms with Gasteiger partial charge in [0.05, 0.1) is 12.2 Å². The molecule has 0 spiro atoms. The third-order valence-electron chi connectivity index (χ3n) is 3.89. The molecule has 0 amide bonds. The molecule has 0 bridgehead atoms. The lowest BCUT2D eigenvalue weighted by atomic mass is 9.94. The van der Waals surface area contributed by atoms with Gasteiger partial charge in [0.1, 0.15) is 18.0 Å². The Kier molecular flexibility index (Phi) is 3.47. The molecule has 2 aliphatic rings. The molecule has 0 aromatic heterocycles. The van der Waals surface area contributed by atoms with E-state index < -0.39 is 11.8 Å². The van der Waals surface area contributed by atoms with E-state index in [0.717, 1.165) is 0 Å². The maximum Gasteiger partial charge on any atom is 0.379 e. The highest BCUT2D eigenvalue weighted by Crippen LogP contribution is 2.50. The molecule has 1 aromatic rings. The van der Waals surface area contributed by atoms with Crippen molar-refractivity contribution in [3.63, 3.8) is 0 Å². The van der Waals surface area contributed by atoms with Gasteiger partial charge in [-0.05, 0) is 20.8 Å². The first-order valence-electron chi connectivity index (χ1n) is 7.39. The molecular formula is C16H18O6. The summed E-state index contributed by atoms with van der Waals surface area (Å²) in [5, 5.41) is 10.4. The number of phenols is 1.